The molecule has 2 aromatic rings. The Morgan fingerprint density at radius 3 is 2.38 bits per heavy atom. The Kier molecular flexibility index (Phi) is 5.14. The molecule has 2 rings (SSSR count). The van der Waals surface area contributed by atoms with Crippen LogP contribution < -0.4 is 0 Å². The third kappa shape index (κ3) is 3.93. The number of aliphatic hydroxyl groups excluding tert-OH is 1. The van der Waals surface area contributed by atoms with Gasteiger partial charge >= 0.3 is 0 Å². The molecule has 0 aliphatic heterocycles. The van der Waals surface area contributed by atoms with Crippen LogP contribution in [0.5, 0.6) is 0 Å². The van der Waals surface area contributed by atoms with E-state index in [1.165, 1.54) is 11.1 Å². The van der Waals surface area contributed by atoms with Crippen LogP contribution in [0.15, 0.2) is 48.5 Å². The van der Waals surface area contributed by atoms with E-state index in [4.69, 9.17) is 6.57 Å². The van der Waals surface area contributed by atoms with E-state index in [-0.39, 0.29) is 5.92 Å². The third-order valence-electron chi connectivity index (χ3n) is 3.87. The molecule has 2 atom stereocenters. The van der Waals surface area contributed by atoms with Gasteiger partial charge in [0.1, 0.15) is 0 Å². The lowest BCUT2D eigenvalue weighted by Crippen LogP contribution is -2.12. The summed E-state index contributed by atoms with van der Waals surface area (Å²) in [5.41, 5.74) is 3.96. The number of aliphatic hydroxyl groups is 1. The van der Waals surface area contributed by atoms with Gasteiger partial charge in [0, 0.05) is 0 Å². The fourth-order valence-corrected chi connectivity index (χ4v) is 2.50. The lowest BCUT2D eigenvalue weighted by atomic mass is 9.91. The molecule has 0 heterocycles. The first-order valence-corrected chi connectivity index (χ1v) is 7.37. The molecule has 0 aliphatic rings. The van der Waals surface area contributed by atoms with Gasteiger partial charge in [-0.05, 0) is 35.4 Å². The second-order valence-electron chi connectivity index (χ2n) is 5.50. The number of hydrogen-bond acceptors (Lipinski definition) is 1. The zero-order chi connectivity index (χ0) is 15.2. The van der Waals surface area contributed by atoms with Crippen LogP contribution in [0.1, 0.15) is 36.6 Å². The van der Waals surface area contributed by atoms with E-state index in [1.54, 1.807) is 12.1 Å². The Labute approximate surface area is 126 Å². The van der Waals surface area contributed by atoms with Crippen molar-refractivity contribution < 1.29 is 5.11 Å². The molecule has 0 bridgehead atoms. The molecule has 0 spiro atoms. The van der Waals surface area contributed by atoms with Gasteiger partial charge in [-0.2, -0.15) is 0 Å². The van der Waals surface area contributed by atoms with Crippen LogP contribution in [0.3, 0.4) is 0 Å². The van der Waals surface area contributed by atoms with E-state index in [0.29, 0.717) is 5.69 Å². The van der Waals surface area contributed by atoms with Crippen molar-refractivity contribution >= 4 is 5.69 Å². The van der Waals surface area contributed by atoms with E-state index in [9.17, 15) is 5.11 Å². The summed E-state index contributed by atoms with van der Waals surface area (Å²) in [7, 11) is 0. The molecule has 2 heteroatoms. The van der Waals surface area contributed by atoms with Crippen LogP contribution in [0.2, 0.25) is 0 Å². The van der Waals surface area contributed by atoms with Gasteiger partial charge in [0.25, 0.3) is 0 Å². The number of hydrogen-bond donors (Lipinski definition) is 1. The molecule has 0 saturated carbocycles. The minimum Gasteiger partial charge on any atom is -0.388 e. The Hall–Kier alpha value is -2.11. The highest BCUT2D eigenvalue weighted by atomic mass is 16.3. The van der Waals surface area contributed by atoms with Crippen LogP contribution >= 0.6 is 0 Å². The van der Waals surface area contributed by atoms with Crippen molar-refractivity contribution in [3.8, 4) is 0 Å². The number of rotatable bonds is 5. The van der Waals surface area contributed by atoms with Gasteiger partial charge in [0.2, 0.25) is 0 Å². The summed E-state index contributed by atoms with van der Waals surface area (Å²) in [6.07, 6.45) is 1.33. The smallest absolute Gasteiger partial charge is 0.187 e. The minimum atomic E-state index is -0.544. The van der Waals surface area contributed by atoms with Gasteiger partial charge in [0.15, 0.2) is 5.69 Å². The van der Waals surface area contributed by atoms with Crippen molar-refractivity contribution in [3.63, 3.8) is 0 Å². The summed E-state index contributed by atoms with van der Waals surface area (Å²) in [5, 5.41) is 10.5. The third-order valence-corrected chi connectivity index (χ3v) is 3.87. The number of benzene rings is 2. The first-order valence-electron chi connectivity index (χ1n) is 7.37. The maximum Gasteiger partial charge on any atom is 0.187 e. The molecule has 0 radical (unpaired) electrons. The SMILES string of the molecule is [C-]#[N+]c1cccc(C(O)C(C)Cc2ccc(CC)cc2)c1. The van der Waals surface area contributed by atoms with Crippen LogP contribution in [0.25, 0.3) is 4.85 Å². The van der Waals surface area contributed by atoms with E-state index in [1.807, 2.05) is 19.1 Å². The highest BCUT2D eigenvalue weighted by Crippen LogP contribution is 2.27. The molecule has 0 aliphatic carbocycles. The molecular formula is C19H21NO. The Morgan fingerprint density at radius 1 is 1.10 bits per heavy atom. The first-order chi connectivity index (χ1) is 10.1. The van der Waals surface area contributed by atoms with Gasteiger partial charge < -0.3 is 5.11 Å². The molecule has 0 fully saturated rings. The topological polar surface area (TPSA) is 24.6 Å². The Bertz CT molecular complexity index is 625. The van der Waals surface area contributed by atoms with E-state index >= 15 is 0 Å². The maximum atomic E-state index is 10.5. The second-order valence-corrected chi connectivity index (χ2v) is 5.50. The van der Waals surface area contributed by atoms with Crippen LogP contribution in [0, 0.1) is 12.5 Å². The van der Waals surface area contributed by atoms with Crippen molar-refractivity contribution in [3.05, 3.63) is 76.6 Å². The summed E-state index contributed by atoms with van der Waals surface area (Å²) >= 11 is 0. The van der Waals surface area contributed by atoms with E-state index in [0.717, 1.165) is 18.4 Å². The van der Waals surface area contributed by atoms with Crippen molar-refractivity contribution in [2.24, 2.45) is 5.92 Å². The molecule has 21 heavy (non-hydrogen) atoms. The maximum absolute atomic E-state index is 10.5. The van der Waals surface area contributed by atoms with Gasteiger partial charge in [0.05, 0.1) is 12.7 Å². The zero-order valence-corrected chi connectivity index (χ0v) is 12.6. The fraction of sp³-hybridized carbons (Fsp3) is 0.316. The van der Waals surface area contributed by atoms with E-state index in [2.05, 4.69) is 36.0 Å². The molecule has 2 nitrogen and oxygen atoms in total. The van der Waals surface area contributed by atoms with Gasteiger partial charge in [-0.3, -0.25) is 0 Å². The summed E-state index contributed by atoms with van der Waals surface area (Å²) in [5.74, 6) is 0.110. The summed E-state index contributed by atoms with van der Waals surface area (Å²) in [4.78, 5) is 3.41. The number of aryl methyl sites for hydroxylation is 1. The molecule has 0 aromatic heterocycles. The average molecular weight is 279 g/mol. The summed E-state index contributed by atoms with van der Waals surface area (Å²) in [6, 6.07) is 15.8. The normalized spacial score (nSPS) is 13.4. The van der Waals surface area contributed by atoms with Crippen molar-refractivity contribution in [2.75, 3.05) is 0 Å². The van der Waals surface area contributed by atoms with Gasteiger partial charge in [-0.25, -0.2) is 4.85 Å². The zero-order valence-electron chi connectivity index (χ0n) is 12.6. The van der Waals surface area contributed by atoms with Crippen LogP contribution in [-0.2, 0) is 12.8 Å². The largest absolute Gasteiger partial charge is 0.388 e. The quantitative estimate of drug-likeness (QED) is 0.787. The highest BCUT2D eigenvalue weighted by Gasteiger charge is 2.17. The van der Waals surface area contributed by atoms with Gasteiger partial charge in [-0.1, -0.05) is 62.4 Å². The predicted molar refractivity (Wildman–Crippen MR) is 86.4 cm³/mol. The van der Waals surface area contributed by atoms with E-state index < -0.39 is 6.10 Å². The summed E-state index contributed by atoms with van der Waals surface area (Å²) < 4.78 is 0. The Morgan fingerprint density at radius 2 is 1.76 bits per heavy atom. The molecule has 108 valence electrons. The van der Waals surface area contributed by atoms with Gasteiger partial charge in [-0.15, -0.1) is 0 Å². The molecule has 1 N–H and O–H groups in total. The molecule has 2 unspecified atom stereocenters. The monoisotopic (exact) mass is 279 g/mol. The van der Waals surface area contributed by atoms with Crippen LogP contribution in [0.4, 0.5) is 5.69 Å². The lowest BCUT2D eigenvalue weighted by molar-refractivity contribution is 0.118. The van der Waals surface area contributed by atoms with Crippen molar-refractivity contribution in [1.29, 1.82) is 0 Å². The number of nitrogens with zero attached hydrogens (tertiary/aromatic N) is 1. The first kappa shape index (κ1) is 15.3. The van der Waals surface area contributed by atoms with Crippen molar-refractivity contribution in [1.82, 2.24) is 0 Å². The molecule has 0 saturated heterocycles. The summed E-state index contributed by atoms with van der Waals surface area (Å²) in [6.45, 7) is 11.2. The minimum absolute atomic E-state index is 0.110. The highest BCUT2D eigenvalue weighted by molar-refractivity contribution is 5.47. The van der Waals surface area contributed by atoms with Crippen LogP contribution in [-0.4, -0.2) is 5.11 Å². The predicted octanol–water partition coefficient (Wildman–Crippen LogP) is 4.71. The molecule has 2 aromatic carbocycles. The Balaban J connectivity index is 2.07. The average Bonchev–Trinajstić information content (AvgIpc) is 2.54. The lowest BCUT2D eigenvalue weighted by Gasteiger charge is -2.20. The second kappa shape index (κ2) is 7.06. The molecular weight excluding hydrogens is 258 g/mol. The van der Waals surface area contributed by atoms with Crippen molar-refractivity contribution in [2.45, 2.75) is 32.8 Å². The molecule has 0 amide bonds. The fourth-order valence-electron chi connectivity index (χ4n) is 2.50. The standard InChI is InChI=1S/C19H21NO/c1-4-15-8-10-16(11-9-15)12-14(2)19(21)17-6-5-7-18(13-17)20-3/h5-11,13-14,19,21H,4,12H2,1-2H3.